The first-order chi connectivity index (χ1) is 11.6. The molecule has 2 heterocycles. The highest BCUT2D eigenvalue weighted by Crippen LogP contribution is 2.25. The molecule has 24 heavy (non-hydrogen) atoms. The first kappa shape index (κ1) is 17.9. The first-order valence-electron chi connectivity index (χ1n) is 8.30. The third kappa shape index (κ3) is 4.79. The third-order valence-corrected chi connectivity index (χ3v) is 6.59. The maximum atomic E-state index is 13.0. The van der Waals surface area contributed by atoms with Crippen molar-refractivity contribution in [3.05, 3.63) is 46.7 Å². The van der Waals surface area contributed by atoms with Crippen molar-refractivity contribution < 1.29 is 4.39 Å². The van der Waals surface area contributed by atoms with Crippen LogP contribution < -0.4 is 0 Å². The molecule has 6 heteroatoms. The Balaban J connectivity index is 1.46. The van der Waals surface area contributed by atoms with Gasteiger partial charge in [0.25, 0.3) is 0 Å². The predicted molar refractivity (Wildman–Crippen MR) is 100 cm³/mol. The summed E-state index contributed by atoms with van der Waals surface area (Å²) in [7, 11) is 2.18. The van der Waals surface area contributed by atoms with Crippen molar-refractivity contribution in [3.8, 4) is 0 Å². The van der Waals surface area contributed by atoms with Gasteiger partial charge in [0.2, 0.25) is 0 Å². The van der Waals surface area contributed by atoms with Crippen molar-refractivity contribution in [2.75, 3.05) is 26.4 Å². The molecule has 2 aromatic rings. The first-order valence-corrected chi connectivity index (χ1v) is 10.3. The predicted octanol–water partition coefficient (Wildman–Crippen LogP) is 4.10. The minimum atomic E-state index is -0.164. The number of rotatable bonds is 6. The van der Waals surface area contributed by atoms with Crippen LogP contribution in [0.15, 0.2) is 34.8 Å². The Morgan fingerprint density at radius 3 is 2.62 bits per heavy atom. The van der Waals surface area contributed by atoms with Crippen LogP contribution in [0.1, 0.15) is 23.3 Å². The Hall–Kier alpha value is -0.950. The van der Waals surface area contributed by atoms with Gasteiger partial charge in [-0.15, -0.1) is 11.3 Å². The van der Waals surface area contributed by atoms with Gasteiger partial charge >= 0.3 is 0 Å². The number of hydrogen-bond acceptors (Lipinski definition) is 5. The second-order valence-corrected chi connectivity index (χ2v) is 8.51. The van der Waals surface area contributed by atoms with Crippen molar-refractivity contribution in [2.45, 2.75) is 36.3 Å². The molecule has 0 atom stereocenters. The van der Waals surface area contributed by atoms with Crippen molar-refractivity contribution in [1.29, 1.82) is 0 Å². The maximum Gasteiger partial charge on any atom is 0.149 e. The summed E-state index contributed by atoms with van der Waals surface area (Å²) >= 11 is 3.52. The molecular weight excluding hydrogens is 341 g/mol. The fraction of sp³-hybridized carbons (Fsp3) is 0.500. The Morgan fingerprint density at radius 1 is 1.29 bits per heavy atom. The molecule has 3 rings (SSSR count). The summed E-state index contributed by atoms with van der Waals surface area (Å²) in [6.45, 7) is 4.17. The van der Waals surface area contributed by atoms with Gasteiger partial charge in [-0.1, -0.05) is 23.9 Å². The largest absolute Gasteiger partial charge is 0.299 e. The molecule has 3 nitrogen and oxygen atoms in total. The van der Waals surface area contributed by atoms with Gasteiger partial charge in [0.15, 0.2) is 0 Å². The molecule has 0 unspecified atom stereocenters. The zero-order valence-corrected chi connectivity index (χ0v) is 15.9. The summed E-state index contributed by atoms with van der Waals surface area (Å²) in [5.74, 6) is -0.164. The van der Waals surface area contributed by atoms with Crippen molar-refractivity contribution >= 4 is 23.1 Å². The maximum absolute atomic E-state index is 13.0. The molecule has 1 aromatic carbocycles. The van der Waals surface area contributed by atoms with E-state index in [1.807, 2.05) is 18.3 Å². The molecule has 1 aromatic heterocycles. The number of likely N-dealkylation sites (tertiary alicyclic amines) is 1. The lowest BCUT2D eigenvalue weighted by atomic mass is 10.0. The van der Waals surface area contributed by atoms with E-state index in [0.717, 1.165) is 30.5 Å². The van der Waals surface area contributed by atoms with Crippen LogP contribution >= 0.6 is 23.1 Å². The zero-order chi connectivity index (χ0) is 16.9. The normalized spacial score (nSPS) is 16.8. The molecule has 0 aliphatic carbocycles. The minimum Gasteiger partial charge on any atom is -0.299 e. The van der Waals surface area contributed by atoms with Crippen LogP contribution in [0.25, 0.3) is 0 Å². The van der Waals surface area contributed by atoms with Gasteiger partial charge in [-0.25, -0.2) is 9.37 Å². The summed E-state index contributed by atoms with van der Waals surface area (Å²) in [6, 6.07) is 7.46. The number of hydrogen-bond donors (Lipinski definition) is 0. The van der Waals surface area contributed by atoms with Gasteiger partial charge in [-0.2, -0.15) is 0 Å². The second-order valence-electron chi connectivity index (χ2n) is 6.35. The van der Waals surface area contributed by atoms with E-state index in [4.69, 9.17) is 0 Å². The number of thiazole rings is 1. The van der Waals surface area contributed by atoms with E-state index < -0.39 is 0 Å². The Bertz CT molecular complexity index is 636. The fourth-order valence-electron chi connectivity index (χ4n) is 3.20. The van der Waals surface area contributed by atoms with Crippen molar-refractivity contribution in [2.24, 2.45) is 0 Å². The van der Waals surface area contributed by atoms with E-state index in [0.29, 0.717) is 6.04 Å². The lowest BCUT2D eigenvalue weighted by molar-refractivity contribution is 0.120. The minimum absolute atomic E-state index is 0.164. The molecule has 0 bridgehead atoms. The van der Waals surface area contributed by atoms with E-state index in [2.05, 4.69) is 28.1 Å². The molecule has 0 radical (unpaired) electrons. The molecule has 0 N–H and O–H groups in total. The van der Waals surface area contributed by atoms with Gasteiger partial charge < -0.3 is 0 Å². The van der Waals surface area contributed by atoms with Gasteiger partial charge in [0.05, 0.1) is 0 Å². The molecule has 1 saturated heterocycles. The molecule has 0 spiro atoms. The van der Waals surface area contributed by atoms with Gasteiger partial charge in [0, 0.05) is 43.3 Å². The smallest absolute Gasteiger partial charge is 0.149 e. The van der Waals surface area contributed by atoms with Crippen molar-refractivity contribution in [3.63, 3.8) is 0 Å². The van der Waals surface area contributed by atoms with E-state index in [1.54, 1.807) is 35.2 Å². The average Bonchev–Trinajstić information content (AvgIpc) is 3.05. The van der Waals surface area contributed by atoms with Crippen LogP contribution in [-0.4, -0.2) is 47.2 Å². The molecule has 1 fully saturated rings. The molecule has 0 saturated carbocycles. The van der Waals surface area contributed by atoms with Gasteiger partial charge in [0.1, 0.15) is 10.2 Å². The van der Waals surface area contributed by atoms with Crippen LogP contribution in [0.3, 0.4) is 0 Å². The summed E-state index contributed by atoms with van der Waals surface area (Å²) < 4.78 is 14.2. The van der Waals surface area contributed by atoms with Crippen LogP contribution in [0.2, 0.25) is 0 Å². The van der Waals surface area contributed by atoms with Crippen LogP contribution in [-0.2, 0) is 13.1 Å². The molecule has 1 aliphatic heterocycles. The third-order valence-electron chi connectivity index (χ3n) is 4.61. The van der Waals surface area contributed by atoms with Gasteiger partial charge in [-0.3, -0.25) is 9.80 Å². The van der Waals surface area contributed by atoms with E-state index in [-0.39, 0.29) is 5.82 Å². The quantitative estimate of drug-likeness (QED) is 0.718. The number of thioether (sulfide) groups is 1. The Kier molecular flexibility index (Phi) is 6.27. The van der Waals surface area contributed by atoms with Crippen LogP contribution in [0, 0.1) is 5.82 Å². The zero-order valence-electron chi connectivity index (χ0n) is 14.2. The van der Waals surface area contributed by atoms with E-state index in [1.165, 1.54) is 23.3 Å². The Labute approximate surface area is 151 Å². The standard InChI is InChI=1S/C18H24FN3S2/c1-21(12-14-3-5-15(19)6-4-14)16-7-9-22(10-8-16)13-17-11-20-18(23-2)24-17/h3-6,11,16H,7-10,12-13H2,1-2H3. The van der Waals surface area contributed by atoms with Gasteiger partial charge in [-0.05, 0) is 43.8 Å². The van der Waals surface area contributed by atoms with E-state index in [9.17, 15) is 4.39 Å². The summed E-state index contributed by atoms with van der Waals surface area (Å²) in [5, 5.41) is 0. The topological polar surface area (TPSA) is 19.4 Å². The number of nitrogens with zero attached hydrogens (tertiary/aromatic N) is 3. The summed E-state index contributed by atoms with van der Waals surface area (Å²) in [6.07, 6.45) is 6.46. The SMILES string of the molecule is CSc1ncc(CN2CCC(N(C)Cc3ccc(F)cc3)CC2)s1. The average molecular weight is 366 g/mol. The summed E-state index contributed by atoms with van der Waals surface area (Å²) in [5.41, 5.74) is 1.18. The molecular formula is C18H24FN3S2. The lowest BCUT2D eigenvalue weighted by Crippen LogP contribution is -2.42. The number of benzene rings is 1. The number of aromatic nitrogens is 1. The molecule has 1 aliphatic rings. The number of piperidine rings is 1. The highest BCUT2D eigenvalue weighted by atomic mass is 32.2. The fourth-order valence-corrected chi connectivity index (χ4v) is 4.70. The Morgan fingerprint density at radius 2 is 2.00 bits per heavy atom. The van der Waals surface area contributed by atoms with Crippen LogP contribution in [0.5, 0.6) is 0 Å². The molecule has 0 amide bonds. The highest BCUT2D eigenvalue weighted by molar-refractivity contribution is 8.00. The highest BCUT2D eigenvalue weighted by Gasteiger charge is 2.23. The van der Waals surface area contributed by atoms with Crippen LogP contribution in [0.4, 0.5) is 4.39 Å². The second kappa shape index (κ2) is 8.43. The van der Waals surface area contributed by atoms with Crippen molar-refractivity contribution in [1.82, 2.24) is 14.8 Å². The number of halogens is 1. The summed E-state index contributed by atoms with van der Waals surface area (Å²) in [4.78, 5) is 10.7. The molecule has 130 valence electrons. The van der Waals surface area contributed by atoms with E-state index >= 15 is 0 Å². The lowest BCUT2D eigenvalue weighted by Gasteiger charge is -2.36. The monoisotopic (exact) mass is 365 g/mol.